The van der Waals surface area contributed by atoms with Gasteiger partial charge in [0.25, 0.3) is 0 Å². The highest BCUT2D eigenvalue weighted by Crippen LogP contribution is 3.49. The van der Waals surface area contributed by atoms with Gasteiger partial charge in [0, 0.05) is 18.6 Å². The zero-order chi connectivity index (χ0) is 27.4. The number of hydrogen-bond donors (Lipinski definition) is 0. The lowest BCUT2D eigenvalue weighted by molar-refractivity contribution is 0.322. The Balaban J connectivity index is 1.88. The van der Waals surface area contributed by atoms with Gasteiger partial charge in [-0.05, 0) is 61.0 Å². The molecule has 0 saturated carbocycles. The van der Waals surface area contributed by atoms with Crippen LogP contribution in [0, 0.1) is 33.5 Å². The Hall–Kier alpha value is 2.58. The summed E-state index contributed by atoms with van der Waals surface area (Å²) >= 11 is 0. The van der Waals surface area contributed by atoms with Crippen LogP contribution in [0.3, 0.4) is 0 Å². The molecule has 5 aliphatic rings. The van der Waals surface area contributed by atoms with Crippen molar-refractivity contribution in [2.75, 3.05) is 12.3 Å². The van der Waals surface area contributed by atoms with Gasteiger partial charge >= 0.3 is 0 Å². The fourth-order valence-corrected chi connectivity index (χ4v) is 90.4. The molecular formula is C30H58P6. The third-order valence-corrected chi connectivity index (χ3v) is 59.0. The normalized spacial score (nSPS) is 50.3. The third-order valence-electron chi connectivity index (χ3n) is 10.6. The molecule has 208 valence electrons. The minimum Gasteiger partial charge on any atom is -0.0651 e. The molecule has 0 nitrogen and oxygen atoms in total. The fourth-order valence-electron chi connectivity index (χ4n) is 9.10. The summed E-state index contributed by atoms with van der Waals surface area (Å²) in [6.45, 7) is 43.3. The average molecular weight is 605 g/mol. The molecule has 0 amide bonds. The van der Waals surface area contributed by atoms with Crippen LogP contribution in [0.2, 0.25) is 0 Å². The second kappa shape index (κ2) is 8.14. The van der Waals surface area contributed by atoms with Gasteiger partial charge in [0.2, 0.25) is 0 Å². The average Bonchev–Trinajstić information content (AvgIpc) is 2.87. The minimum atomic E-state index is 0.108. The molecule has 0 bridgehead atoms. The van der Waals surface area contributed by atoms with Crippen LogP contribution >= 0.6 is 46.3 Å². The Kier molecular flexibility index (Phi) is 6.80. The SMILES string of the molecule is CC[C@H](C)CP1P2C3(C(C)(C)C)P(C[C@@H](C)CC)P4C1(C(C)(C)C)P1C4(C(C)(C)C)P3C21C(C)(C)C. The zero-order valence-corrected chi connectivity index (χ0v) is 32.0. The van der Waals surface area contributed by atoms with E-state index in [0.29, 0.717) is 21.7 Å². The van der Waals surface area contributed by atoms with Crippen LogP contribution in [0.4, 0.5) is 0 Å². The summed E-state index contributed by atoms with van der Waals surface area (Å²) < 4.78 is 3.16. The molecule has 0 aromatic rings. The molecule has 0 aromatic carbocycles. The van der Waals surface area contributed by atoms with Crippen LogP contribution in [-0.2, 0) is 0 Å². The molecule has 0 aromatic heterocycles. The maximum Gasteiger partial charge on any atom is 0.0465 e. The molecule has 5 saturated heterocycles. The molecule has 36 heavy (non-hydrogen) atoms. The second-order valence-electron chi connectivity index (χ2n) is 17.0. The van der Waals surface area contributed by atoms with Gasteiger partial charge in [0.15, 0.2) is 0 Å². The lowest BCUT2D eigenvalue weighted by atomic mass is 9.97. The Morgan fingerprint density at radius 2 is 0.722 bits per heavy atom. The van der Waals surface area contributed by atoms with Crippen LogP contribution in [0.25, 0.3) is 0 Å². The highest BCUT2D eigenvalue weighted by molar-refractivity contribution is 8.71. The van der Waals surface area contributed by atoms with Crippen molar-refractivity contribution in [2.24, 2.45) is 33.5 Å². The molecule has 0 N–H and O–H groups in total. The fraction of sp³-hybridized carbons (Fsp3) is 1.00. The van der Waals surface area contributed by atoms with E-state index in [0.717, 1.165) is 30.4 Å². The van der Waals surface area contributed by atoms with Gasteiger partial charge in [-0.25, -0.2) is 0 Å². The van der Waals surface area contributed by atoms with Gasteiger partial charge in [-0.3, -0.25) is 0 Å². The second-order valence-corrected chi connectivity index (χ2v) is 39.5. The quantitative estimate of drug-likeness (QED) is 0.265. The van der Waals surface area contributed by atoms with E-state index in [9.17, 15) is 0 Å². The summed E-state index contributed by atoms with van der Waals surface area (Å²) in [4.78, 5) is 0. The van der Waals surface area contributed by atoms with Crippen LogP contribution < -0.4 is 0 Å². The minimum absolute atomic E-state index is 0.108. The van der Waals surface area contributed by atoms with Crippen molar-refractivity contribution in [3.63, 3.8) is 0 Å². The van der Waals surface area contributed by atoms with Crippen LogP contribution in [0.1, 0.15) is 124 Å². The highest BCUT2D eigenvalue weighted by atomic mass is 32.1. The van der Waals surface area contributed by atoms with E-state index in [4.69, 9.17) is 0 Å². The third kappa shape index (κ3) is 2.72. The Bertz CT molecular complexity index is 847. The van der Waals surface area contributed by atoms with E-state index in [1.54, 1.807) is 12.3 Å². The first-order valence-electron chi connectivity index (χ1n) is 14.9. The molecule has 5 rings (SSSR count). The van der Waals surface area contributed by atoms with Crippen molar-refractivity contribution in [3.8, 4) is 0 Å². The predicted molar refractivity (Wildman–Crippen MR) is 179 cm³/mol. The number of hydrogen-bond acceptors (Lipinski definition) is 0. The van der Waals surface area contributed by atoms with Crippen molar-refractivity contribution in [1.82, 2.24) is 0 Å². The molecule has 8 atom stereocenters. The van der Waals surface area contributed by atoms with Gasteiger partial charge in [0.05, 0.1) is 0 Å². The van der Waals surface area contributed by atoms with Gasteiger partial charge in [0.1, 0.15) is 0 Å². The van der Waals surface area contributed by atoms with Gasteiger partial charge in [-0.2, -0.15) is 0 Å². The van der Waals surface area contributed by atoms with Crippen molar-refractivity contribution in [1.29, 1.82) is 0 Å². The molecule has 6 heteroatoms. The zero-order valence-electron chi connectivity index (χ0n) is 26.7. The first-order valence-corrected chi connectivity index (χ1v) is 24.7. The largest absolute Gasteiger partial charge is 0.0651 e. The van der Waals surface area contributed by atoms with E-state index in [1.807, 2.05) is 0 Å². The van der Waals surface area contributed by atoms with Crippen LogP contribution in [-0.4, -0.2) is 30.9 Å². The summed E-state index contributed by atoms with van der Waals surface area (Å²) in [6.07, 6.45) is 6.03. The summed E-state index contributed by atoms with van der Waals surface area (Å²) in [5, 5.41) is 0. The first kappa shape index (κ1) is 30.1. The van der Waals surface area contributed by atoms with Crippen LogP contribution in [0.5, 0.6) is 0 Å². The van der Waals surface area contributed by atoms with Gasteiger partial charge < -0.3 is 0 Å². The van der Waals surface area contributed by atoms with E-state index in [-0.39, 0.29) is 46.3 Å². The van der Waals surface area contributed by atoms with Gasteiger partial charge in [-0.1, -0.05) is 155 Å². The number of rotatable bonds is 6. The van der Waals surface area contributed by atoms with Crippen molar-refractivity contribution >= 4 is 46.3 Å². The van der Waals surface area contributed by atoms with Crippen molar-refractivity contribution in [3.05, 3.63) is 0 Å². The monoisotopic (exact) mass is 604 g/mol. The first-order chi connectivity index (χ1) is 16.1. The summed E-state index contributed by atoms with van der Waals surface area (Å²) in [6, 6.07) is 0. The van der Waals surface area contributed by atoms with Gasteiger partial charge in [-0.15, -0.1) is 0 Å². The molecular weight excluding hydrogens is 546 g/mol. The van der Waals surface area contributed by atoms with Crippen molar-refractivity contribution < 1.29 is 0 Å². The molecule has 0 radical (unpaired) electrons. The standard InChI is InChI=1S/C30H58P6/c1-17-21(3)19-31-27(23(5,6)7)33-29(25(11,12)13)34-28(35(29)31,24(8,9)10)32(20-22(4)18-2)36(27)30(33,34)26(14,15)16/h21-22H,17-20H2,1-16H3/t21-,22-,27?,28?,29?,30?,31?,32?,33?,34?,35?,36?/m0/s1. The van der Waals surface area contributed by atoms with E-state index < -0.39 is 0 Å². The molecule has 5 fully saturated rings. The maximum absolute atomic E-state index is 2.77. The maximum atomic E-state index is 2.77. The van der Waals surface area contributed by atoms with Crippen LogP contribution in [0.15, 0.2) is 0 Å². The summed E-state index contributed by atoms with van der Waals surface area (Å²) in [7, 11) is 0.738. The number of fused-ring (bicyclic) bond motifs is 2. The molecule has 5 heterocycles. The molecule has 6 unspecified atom stereocenters. The smallest absolute Gasteiger partial charge is 0.0465 e. The van der Waals surface area contributed by atoms with Crippen molar-refractivity contribution in [2.45, 2.75) is 142 Å². The van der Waals surface area contributed by atoms with E-state index in [2.05, 4.69) is 111 Å². The molecule has 0 aliphatic carbocycles. The topological polar surface area (TPSA) is 0 Å². The highest BCUT2D eigenvalue weighted by Gasteiger charge is 3.12. The molecule has 5 aliphatic heterocycles. The van der Waals surface area contributed by atoms with E-state index >= 15 is 0 Å². The molecule has 0 spiro atoms. The Morgan fingerprint density at radius 3 is 0.917 bits per heavy atom. The Morgan fingerprint density at radius 1 is 0.472 bits per heavy atom. The summed E-state index contributed by atoms with van der Waals surface area (Å²) in [5.74, 6) is 1.85. The Labute approximate surface area is 233 Å². The lowest BCUT2D eigenvalue weighted by Crippen LogP contribution is -2.72. The summed E-state index contributed by atoms with van der Waals surface area (Å²) in [5.41, 5.74) is 2.01. The predicted octanol–water partition coefficient (Wildman–Crippen LogP) is 13.7. The van der Waals surface area contributed by atoms with E-state index in [1.165, 1.54) is 12.8 Å². The lowest BCUT2D eigenvalue weighted by Gasteiger charge is -2.90.